The predicted octanol–water partition coefficient (Wildman–Crippen LogP) is 1.20. The largest absolute Gasteiger partial charge is 0.384 e. The van der Waals surface area contributed by atoms with Crippen molar-refractivity contribution in [2.24, 2.45) is 5.92 Å². The maximum Gasteiger partial charge on any atom is 0.159 e. The van der Waals surface area contributed by atoms with Crippen LogP contribution in [-0.2, 0) is 19.4 Å². The Morgan fingerprint density at radius 2 is 1.88 bits per heavy atom. The summed E-state index contributed by atoms with van der Waals surface area (Å²) in [6, 6.07) is 0. The Hall–Kier alpha value is -0.420. The standard InChI is InChI=1S/C11H20O4S/c1-15-7-8-16(13,14)9-11(12)10-5-3-2-4-6-10/h10H,2-9H2,1H3. The van der Waals surface area contributed by atoms with Gasteiger partial charge in [0.05, 0.1) is 12.4 Å². The highest BCUT2D eigenvalue weighted by Crippen LogP contribution is 2.24. The average molecular weight is 248 g/mol. The molecule has 1 rings (SSSR count). The molecule has 0 bridgehead atoms. The lowest BCUT2D eigenvalue weighted by Crippen LogP contribution is -2.27. The Morgan fingerprint density at radius 3 is 2.44 bits per heavy atom. The van der Waals surface area contributed by atoms with Crippen molar-refractivity contribution in [3.05, 3.63) is 0 Å². The maximum atomic E-state index is 11.8. The van der Waals surface area contributed by atoms with Crippen LogP contribution in [0.2, 0.25) is 0 Å². The van der Waals surface area contributed by atoms with E-state index < -0.39 is 9.84 Å². The number of hydrogen-bond acceptors (Lipinski definition) is 4. The maximum absolute atomic E-state index is 11.8. The summed E-state index contributed by atoms with van der Waals surface area (Å²) >= 11 is 0. The number of carbonyl (C=O) groups is 1. The van der Waals surface area contributed by atoms with Crippen LogP contribution >= 0.6 is 0 Å². The molecule has 0 amide bonds. The van der Waals surface area contributed by atoms with Gasteiger partial charge in [0.2, 0.25) is 0 Å². The Kier molecular flexibility index (Phi) is 5.41. The van der Waals surface area contributed by atoms with Crippen molar-refractivity contribution >= 4 is 15.6 Å². The lowest BCUT2D eigenvalue weighted by atomic mass is 9.87. The molecule has 0 aromatic heterocycles. The van der Waals surface area contributed by atoms with Crippen molar-refractivity contribution in [3.8, 4) is 0 Å². The first kappa shape index (κ1) is 13.6. The fourth-order valence-electron chi connectivity index (χ4n) is 2.04. The van der Waals surface area contributed by atoms with Crippen LogP contribution in [0.4, 0.5) is 0 Å². The third kappa shape index (κ3) is 4.61. The molecule has 0 N–H and O–H groups in total. The number of rotatable bonds is 6. The number of methoxy groups -OCH3 is 1. The molecule has 0 radical (unpaired) electrons. The molecule has 0 atom stereocenters. The molecule has 1 aliphatic rings. The van der Waals surface area contributed by atoms with E-state index in [0.717, 1.165) is 25.7 Å². The summed E-state index contributed by atoms with van der Waals surface area (Å²) in [6.45, 7) is 0.167. The summed E-state index contributed by atoms with van der Waals surface area (Å²) in [5.74, 6) is -0.481. The van der Waals surface area contributed by atoms with Gasteiger partial charge in [0.25, 0.3) is 0 Å². The first-order valence-corrected chi connectivity index (χ1v) is 7.59. The first-order valence-electron chi connectivity index (χ1n) is 5.77. The van der Waals surface area contributed by atoms with Gasteiger partial charge >= 0.3 is 0 Å². The monoisotopic (exact) mass is 248 g/mol. The molecule has 0 aromatic carbocycles. The minimum absolute atomic E-state index is 0.0222. The van der Waals surface area contributed by atoms with Gasteiger partial charge in [-0.1, -0.05) is 19.3 Å². The van der Waals surface area contributed by atoms with Crippen LogP contribution in [0.1, 0.15) is 32.1 Å². The number of hydrogen-bond donors (Lipinski definition) is 0. The van der Waals surface area contributed by atoms with Gasteiger partial charge in [0, 0.05) is 13.0 Å². The molecular weight excluding hydrogens is 228 g/mol. The zero-order valence-corrected chi connectivity index (χ0v) is 10.6. The molecule has 1 aliphatic carbocycles. The van der Waals surface area contributed by atoms with Crippen LogP contribution in [0.5, 0.6) is 0 Å². The molecule has 0 unspecified atom stereocenters. The van der Waals surface area contributed by atoms with Gasteiger partial charge in [-0.25, -0.2) is 8.42 Å². The number of ether oxygens (including phenoxy) is 1. The molecule has 0 spiro atoms. The second-order valence-electron chi connectivity index (χ2n) is 4.39. The number of Topliss-reactive ketones (excluding diaryl/α,β-unsaturated/α-hetero) is 1. The number of carbonyl (C=O) groups excluding carboxylic acids is 1. The summed E-state index contributed by atoms with van der Waals surface area (Å²) < 4.78 is 27.8. The van der Waals surface area contributed by atoms with Gasteiger partial charge in [0.15, 0.2) is 15.6 Å². The average Bonchev–Trinajstić information content (AvgIpc) is 2.27. The van der Waals surface area contributed by atoms with Gasteiger partial charge < -0.3 is 4.74 Å². The van der Waals surface area contributed by atoms with Crippen molar-refractivity contribution < 1.29 is 17.9 Å². The van der Waals surface area contributed by atoms with E-state index in [9.17, 15) is 13.2 Å². The second-order valence-corrected chi connectivity index (χ2v) is 6.57. The van der Waals surface area contributed by atoms with E-state index >= 15 is 0 Å². The molecule has 0 aromatic rings. The van der Waals surface area contributed by atoms with E-state index in [-0.39, 0.29) is 29.8 Å². The predicted molar refractivity (Wildman–Crippen MR) is 62.1 cm³/mol. The highest BCUT2D eigenvalue weighted by atomic mass is 32.2. The van der Waals surface area contributed by atoms with E-state index in [1.807, 2.05) is 0 Å². The van der Waals surface area contributed by atoms with Crippen molar-refractivity contribution in [2.45, 2.75) is 32.1 Å². The van der Waals surface area contributed by atoms with Gasteiger partial charge in [-0.05, 0) is 12.8 Å². The minimum atomic E-state index is -3.27. The Bertz CT molecular complexity index is 315. The molecule has 0 saturated heterocycles. The Morgan fingerprint density at radius 1 is 1.25 bits per heavy atom. The van der Waals surface area contributed by atoms with Gasteiger partial charge in [-0.2, -0.15) is 0 Å². The van der Waals surface area contributed by atoms with Crippen LogP contribution < -0.4 is 0 Å². The highest BCUT2D eigenvalue weighted by molar-refractivity contribution is 7.92. The van der Waals surface area contributed by atoms with E-state index in [1.54, 1.807) is 0 Å². The topological polar surface area (TPSA) is 60.4 Å². The minimum Gasteiger partial charge on any atom is -0.384 e. The number of sulfone groups is 1. The van der Waals surface area contributed by atoms with Crippen LogP contribution in [0.15, 0.2) is 0 Å². The normalized spacial score (nSPS) is 18.6. The molecular formula is C11H20O4S. The third-order valence-corrected chi connectivity index (χ3v) is 4.53. The first-order chi connectivity index (χ1) is 7.55. The number of ketones is 1. The third-order valence-electron chi connectivity index (χ3n) is 3.02. The lowest BCUT2D eigenvalue weighted by molar-refractivity contribution is -0.121. The van der Waals surface area contributed by atoms with Crippen LogP contribution in [-0.4, -0.2) is 39.4 Å². The molecule has 94 valence electrons. The van der Waals surface area contributed by atoms with Crippen LogP contribution in [0.3, 0.4) is 0 Å². The zero-order chi connectivity index (χ0) is 12.0. The van der Waals surface area contributed by atoms with Crippen molar-refractivity contribution in [3.63, 3.8) is 0 Å². The van der Waals surface area contributed by atoms with E-state index in [2.05, 4.69) is 0 Å². The lowest BCUT2D eigenvalue weighted by Gasteiger charge is -2.20. The van der Waals surface area contributed by atoms with Crippen molar-refractivity contribution in [2.75, 3.05) is 25.2 Å². The summed E-state index contributed by atoms with van der Waals surface area (Å²) in [7, 11) is -1.81. The zero-order valence-electron chi connectivity index (χ0n) is 9.78. The van der Waals surface area contributed by atoms with Crippen LogP contribution in [0.25, 0.3) is 0 Å². The molecule has 0 heterocycles. The highest BCUT2D eigenvalue weighted by Gasteiger charge is 2.25. The SMILES string of the molecule is COCCS(=O)(=O)CC(=O)C1CCCCC1. The van der Waals surface area contributed by atoms with Gasteiger partial charge in [0.1, 0.15) is 5.75 Å². The van der Waals surface area contributed by atoms with E-state index in [0.29, 0.717) is 0 Å². The fourth-order valence-corrected chi connectivity index (χ4v) is 3.28. The van der Waals surface area contributed by atoms with Gasteiger partial charge in [-0.15, -0.1) is 0 Å². The summed E-state index contributed by atoms with van der Waals surface area (Å²) in [4.78, 5) is 11.8. The molecule has 4 nitrogen and oxygen atoms in total. The second kappa shape index (κ2) is 6.35. The van der Waals surface area contributed by atoms with Crippen molar-refractivity contribution in [1.82, 2.24) is 0 Å². The van der Waals surface area contributed by atoms with Crippen LogP contribution in [0, 0.1) is 5.92 Å². The van der Waals surface area contributed by atoms with Crippen molar-refractivity contribution in [1.29, 1.82) is 0 Å². The Balaban J connectivity index is 2.43. The summed E-state index contributed by atoms with van der Waals surface area (Å²) in [5.41, 5.74) is 0. The smallest absolute Gasteiger partial charge is 0.159 e. The quantitative estimate of drug-likeness (QED) is 0.708. The Labute approximate surface area is 97.3 Å². The van der Waals surface area contributed by atoms with Gasteiger partial charge in [-0.3, -0.25) is 4.79 Å². The summed E-state index contributed by atoms with van der Waals surface area (Å²) in [5, 5.41) is 0. The molecule has 16 heavy (non-hydrogen) atoms. The summed E-state index contributed by atoms with van der Waals surface area (Å²) in [6.07, 6.45) is 4.99. The fraction of sp³-hybridized carbons (Fsp3) is 0.909. The van der Waals surface area contributed by atoms with E-state index in [4.69, 9.17) is 4.74 Å². The molecule has 1 fully saturated rings. The molecule has 1 saturated carbocycles. The molecule has 5 heteroatoms. The molecule has 0 aliphatic heterocycles. The van der Waals surface area contributed by atoms with E-state index in [1.165, 1.54) is 13.5 Å².